The van der Waals surface area contributed by atoms with E-state index in [0.717, 1.165) is 19.0 Å². The molecule has 7 heteroatoms. The van der Waals surface area contributed by atoms with Gasteiger partial charge in [0.05, 0.1) is 13.1 Å². The van der Waals surface area contributed by atoms with Gasteiger partial charge in [-0.15, -0.1) is 0 Å². The summed E-state index contributed by atoms with van der Waals surface area (Å²) in [5.74, 6) is 0.821. The Bertz CT molecular complexity index is 574. The molecule has 0 saturated carbocycles. The number of likely N-dealkylation sites (N-methyl/N-ethyl adjacent to an activating group) is 1. The van der Waals surface area contributed by atoms with E-state index in [2.05, 4.69) is 25.8 Å². The lowest BCUT2D eigenvalue weighted by Crippen LogP contribution is -2.40. The second-order valence-corrected chi connectivity index (χ2v) is 7.10. The summed E-state index contributed by atoms with van der Waals surface area (Å²) >= 11 is 0. The monoisotopic (exact) mass is 351 g/mol. The van der Waals surface area contributed by atoms with Crippen LogP contribution < -0.4 is 5.32 Å². The van der Waals surface area contributed by atoms with Crippen molar-refractivity contribution >= 4 is 12.1 Å². The highest BCUT2D eigenvalue weighted by atomic mass is 16.6. The van der Waals surface area contributed by atoms with Crippen molar-refractivity contribution in [2.75, 3.05) is 33.7 Å². The second-order valence-electron chi connectivity index (χ2n) is 7.10. The molecule has 0 fully saturated rings. The minimum atomic E-state index is -0.487. The molecule has 1 rings (SSSR count). The smallest absolute Gasteiger partial charge is 0.410 e. The van der Waals surface area contributed by atoms with Gasteiger partial charge in [-0.2, -0.15) is 0 Å². The van der Waals surface area contributed by atoms with Crippen LogP contribution in [0.15, 0.2) is 23.3 Å². The first-order valence-corrected chi connectivity index (χ1v) is 8.67. The van der Waals surface area contributed by atoms with E-state index in [1.54, 1.807) is 11.9 Å². The molecule has 1 aromatic rings. The number of nitrogens with one attached hydrogen (secondary N) is 1. The minimum Gasteiger partial charge on any atom is -0.444 e. The lowest BCUT2D eigenvalue weighted by Gasteiger charge is -2.25. The van der Waals surface area contributed by atoms with Crippen LogP contribution in [-0.2, 0) is 18.3 Å². The molecule has 0 aliphatic rings. The van der Waals surface area contributed by atoms with E-state index in [1.165, 1.54) is 5.69 Å². The maximum absolute atomic E-state index is 12.0. The van der Waals surface area contributed by atoms with Crippen LogP contribution in [0.5, 0.6) is 0 Å². The predicted molar refractivity (Wildman–Crippen MR) is 102 cm³/mol. The molecular formula is C18H33N5O2. The molecule has 0 aliphatic heterocycles. The van der Waals surface area contributed by atoms with Gasteiger partial charge in [-0.3, -0.25) is 4.99 Å². The molecule has 0 unspecified atom stereocenters. The Morgan fingerprint density at radius 2 is 2.00 bits per heavy atom. The fourth-order valence-electron chi connectivity index (χ4n) is 2.19. The van der Waals surface area contributed by atoms with Crippen molar-refractivity contribution in [1.29, 1.82) is 0 Å². The Morgan fingerprint density at radius 1 is 1.32 bits per heavy atom. The number of aromatic nitrogens is 1. The third kappa shape index (κ3) is 7.49. The molecule has 0 radical (unpaired) electrons. The van der Waals surface area contributed by atoms with Crippen LogP contribution in [-0.4, -0.2) is 65.8 Å². The molecule has 0 aliphatic carbocycles. The van der Waals surface area contributed by atoms with Gasteiger partial charge in [-0.25, -0.2) is 4.79 Å². The van der Waals surface area contributed by atoms with Crippen molar-refractivity contribution in [1.82, 2.24) is 19.7 Å². The van der Waals surface area contributed by atoms with Gasteiger partial charge < -0.3 is 24.4 Å². The predicted octanol–water partition coefficient (Wildman–Crippen LogP) is 2.29. The van der Waals surface area contributed by atoms with E-state index < -0.39 is 5.60 Å². The Balaban J connectivity index is 2.60. The summed E-state index contributed by atoms with van der Waals surface area (Å²) in [6.07, 6.45) is 1.70. The van der Waals surface area contributed by atoms with E-state index >= 15 is 0 Å². The Morgan fingerprint density at radius 3 is 2.52 bits per heavy atom. The van der Waals surface area contributed by atoms with E-state index in [4.69, 9.17) is 4.74 Å². The molecule has 1 aromatic heterocycles. The summed E-state index contributed by atoms with van der Waals surface area (Å²) < 4.78 is 7.44. The normalized spacial score (nSPS) is 12.0. The molecule has 7 nitrogen and oxygen atoms in total. The number of carbonyl (C=O) groups is 1. The molecule has 1 amide bonds. The zero-order chi connectivity index (χ0) is 19.0. The molecule has 25 heavy (non-hydrogen) atoms. The number of guanidine groups is 1. The first-order chi connectivity index (χ1) is 11.6. The highest BCUT2D eigenvalue weighted by Crippen LogP contribution is 2.09. The van der Waals surface area contributed by atoms with Gasteiger partial charge in [0.15, 0.2) is 5.96 Å². The Labute approximate surface area is 151 Å². The number of aryl methyl sites for hydroxylation is 1. The fourth-order valence-corrected chi connectivity index (χ4v) is 2.19. The van der Waals surface area contributed by atoms with E-state index in [9.17, 15) is 4.79 Å². The van der Waals surface area contributed by atoms with Gasteiger partial charge in [0.1, 0.15) is 5.60 Å². The quantitative estimate of drug-likeness (QED) is 0.631. The van der Waals surface area contributed by atoms with Crippen molar-refractivity contribution in [3.63, 3.8) is 0 Å². The second kappa shape index (κ2) is 9.34. The number of amides is 1. The number of aliphatic imine (C=N–C) groups is 1. The minimum absolute atomic E-state index is 0.329. The zero-order valence-corrected chi connectivity index (χ0v) is 16.7. The van der Waals surface area contributed by atoms with Crippen molar-refractivity contribution in [3.8, 4) is 0 Å². The number of hydrogen-bond donors (Lipinski definition) is 1. The van der Waals surface area contributed by atoms with Crippen molar-refractivity contribution < 1.29 is 9.53 Å². The molecule has 0 spiro atoms. The highest BCUT2D eigenvalue weighted by molar-refractivity contribution is 5.79. The van der Waals surface area contributed by atoms with Crippen LogP contribution in [0, 0.1) is 0 Å². The summed E-state index contributed by atoms with van der Waals surface area (Å²) in [6, 6.07) is 4.12. The maximum atomic E-state index is 12.0. The molecule has 0 saturated heterocycles. The number of carbonyl (C=O) groups excluding carboxylic acids is 1. The van der Waals surface area contributed by atoms with E-state index in [1.807, 2.05) is 54.1 Å². The largest absolute Gasteiger partial charge is 0.444 e. The van der Waals surface area contributed by atoms with Gasteiger partial charge in [0.2, 0.25) is 0 Å². The Kier molecular flexibility index (Phi) is 7.80. The summed E-state index contributed by atoms with van der Waals surface area (Å²) in [5.41, 5.74) is 0.720. The number of rotatable bonds is 6. The number of hydrogen-bond acceptors (Lipinski definition) is 3. The zero-order valence-electron chi connectivity index (χ0n) is 16.7. The van der Waals surface area contributed by atoms with Gasteiger partial charge in [0.25, 0.3) is 0 Å². The topological polar surface area (TPSA) is 62.1 Å². The molecule has 1 heterocycles. The molecule has 142 valence electrons. The third-order valence-electron chi connectivity index (χ3n) is 3.55. The van der Waals surface area contributed by atoms with Gasteiger partial charge in [-0.1, -0.05) is 0 Å². The average Bonchev–Trinajstić information content (AvgIpc) is 2.89. The maximum Gasteiger partial charge on any atom is 0.410 e. The fraction of sp³-hybridized carbons (Fsp3) is 0.667. The van der Waals surface area contributed by atoms with Crippen molar-refractivity contribution in [2.24, 2.45) is 12.0 Å². The van der Waals surface area contributed by atoms with Crippen LogP contribution in [0.2, 0.25) is 0 Å². The first kappa shape index (κ1) is 20.9. The Hall–Kier alpha value is -2.18. The van der Waals surface area contributed by atoms with Crippen LogP contribution in [0.1, 0.15) is 33.4 Å². The molecule has 1 N–H and O–H groups in total. The molecule has 0 atom stereocenters. The average molecular weight is 351 g/mol. The van der Waals surface area contributed by atoms with Gasteiger partial charge in [0, 0.05) is 46.1 Å². The summed E-state index contributed by atoms with van der Waals surface area (Å²) in [4.78, 5) is 20.2. The van der Waals surface area contributed by atoms with Crippen molar-refractivity contribution in [3.05, 3.63) is 24.0 Å². The van der Waals surface area contributed by atoms with Crippen LogP contribution in [0.4, 0.5) is 4.79 Å². The lowest BCUT2D eigenvalue weighted by atomic mass is 10.2. The summed E-state index contributed by atoms with van der Waals surface area (Å²) in [7, 11) is 5.76. The van der Waals surface area contributed by atoms with E-state index in [0.29, 0.717) is 13.1 Å². The lowest BCUT2D eigenvalue weighted by molar-refractivity contribution is 0.0304. The van der Waals surface area contributed by atoms with Crippen LogP contribution >= 0.6 is 0 Å². The van der Waals surface area contributed by atoms with Crippen LogP contribution in [0.3, 0.4) is 0 Å². The first-order valence-electron chi connectivity index (χ1n) is 8.67. The molecule has 0 bridgehead atoms. The van der Waals surface area contributed by atoms with Gasteiger partial charge >= 0.3 is 6.09 Å². The van der Waals surface area contributed by atoms with Gasteiger partial charge in [-0.05, 0) is 39.8 Å². The highest BCUT2D eigenvalue weighted by Gasteiger charge is 2.19. The SMILES string of the molecule is CCNC(=NCCN(C)C(=O)OC(C)(C)C)N(C)Cc1cccn1C. The summed E-state index contributed by atoms with van der Waals surface area (Å²) in [6.45, 7) is 10.2. The molecular weight excluding hydrogens is 318 g/mol. The van der Waals surface area contributed by atoms with Crippen molar-refractivity contribution in [2.45, 2.75) is 39.8 Å². The number of ether oxygens (including phenoxy) is 1. The van der Waals surface area contributed by atoms with E-state index in [-0.39, 0.29) is 6.09 Å². The summed E-state index contributed by atoms with van der Waals surface area (Å²) in [5, 5.41) is 3.29. The standard InChI is InChI=1S/C18H33N5O2/c1-8-19-16(23(7)14-15-10-9-12-21(15)5)20-11-13-22(6)17(24)25-18(2,3)4/h9-10,12H,8,11,13-14H2,1-7H3,(H,19,20). The van der Waals surface area contributed by atoms with Crippen LogP contribution in [0.25, 0.3) is 0 Å². The third-order valence-corrected chi connectivity index (χ3v) is 3.55. The number of nitrogens with zero attached hydrogens (tertiary/aromatic N) is 4. The molecule has 0 aromatic carbocycles.